The molecular weight excluding hydrogens is 194 g/mol. The molecule has 1 heterocycles. The fraction of sp³-hybridized carbons (Fsp3) is 0.250. The van der Waals surface area contributed by atoms with E-state index in [0.29, 0.717) is 0 Å². The summed E-state index contributed by atoms with van der Waals surface area (Å²) in [5.74, 6) is -1.08. The van der Waals surface area contributed by atoms with Gasteiger partial charge in [-0.1, -0.05) is 0 Å². The molecule has 76 valence electrons. The van der Waals surface area contributed by atoms with Gasteiger partial charge < -0.3 is 10.4 Å². The number of aromatic nitrogens is 1. The van der Waals surface area contributed by atoms with Crippen molar-refractivity contribution in [3.8, 4) is 5.75 Å². The number of alkyl halides is 2. The molecule has 0 aliphatic carbocycles. The minimum absolute atomic E-state index is 0.0688. The third-order valence-electron chi connectivity index (χ3n) is 1.46. The molecule has 0 spiro atoms. The molecule has 0 atom stereocenters. The normalized spacial score (nSPS) is 10.2. The first-order chi connectivity index (χ1) is 6.61. The maximum Gasteiger partial charge on any atom is 0.255 e. The molecule has 0 radical (unpaired) electrons. The number of halogens is 2. The van der Waals surface area contributed by atoms with Crippen molar-refractivity contribution in [2.75, 3.05) is 6.54 Å². The van der Waals surface area contributed by atoms with E-state index < -0.39 is 18.9 Å². The largest absolute Gasteiger partial charge is 0.505 e. The molecule has 0 aliphatic heterocycles. The molecular formula is C8H8F2N2O2. The summed E-state index contributed by atoms with van der Waals surface area (Å²) in [7, 11) is 0. The first-order valence-corrected chi connectivity index (χ1v) is 3.80. The standard InChI is InChI=1S/C8H8F2N2O2/c9-7(10)4-12-8(14)5-1-2-11-3-6(5)13/h1-3,7,13H,4H2,(H,12,14). The van der Waals surface area contributed by atoms with Crippen molar-refractivity contribution in [3.05, 3.63) is 24.0 Å². The highest BCUT2D eigenvalue weighted by atomic mass is 19.3. The van der Waals surface area contributed by atoms with Crippen LogP contribution < -0.4 is 5.32 Å². The molecule has 1 aromatic rings. The monoisotopic (exact) mass is 202 g/mol. The van der Waals surface area contributed by atoms with E-state index in [-0.39, 0.29) is 11.3 Å². The van der Waals surface area contributed by atoms with Crippen LogP contribution in [0, 0.1) is 0 Å². The highest BCUT2D eigenvalue weighted by Crippen LogP contribution is 2.13. The number of carbonyl (C=O) groups is 1. The average Bonchev–Trinajstić information content (AvgIpc) is 2.15. The van der Waals surface area contributed by atoms with Crippen LogP contribution in [0.3, 0.4) is 0 Å². The quantitative estimate of drug-likeness (QED) is 0.761. The topological polar surface area (TPSA) is 62.2 Å². The van der Waals surface area contributed by atoms with Crippen LogP contribution in [-0.2, 0) is 0 Å². The van der Waals surface area contributed by atoms with Crippen LogP contribution in [0.15, 0.2) is 18.5 Å². The van der Waals surface area contributed by atoms with Crippen LogP contribution in [0.4, 0.5) is 8.78 Å². The Bertz CT molecular complexity index is 331. The lowest BCUT2D eigenvalue weighted by atomic mass is 10.2. The number of carbonyl (C=O) groups excluding carboxylic acids is 1. The Kier molecular flexibility index (Phi) is 3.33. The first kappa shape index (κ1) is 10.4. The van der Waals surface area contributed by atoms with Crippen LogP contribution in [0.5, 0.6) is 5.75 Å². The molecule has 0 bridgehead atoms. The smallest absolute Gasteiger partial charge is 0.255 e. The predicted molar refractivity (Wildman–Crippen MR) is 44.2 cm³/mol. The van der Waals surface area contributed by atoms with Gasteiger partial charge in [0.25, 0.3) is 12.3 Å². The van der Waals surface area contributed by atoms with Crippen LogP contribution in [0.1, 0.15) is 10.4 Å². The van der Waals surface area contributed by atoms with E-state index in [1.807, 2.05) is 5.32 Å². The predicted octanol–water partition coefficient (Wildman–Crippen LogP) is 0.782. The fourth-order valence-electron chi connectivity index (χ4n) is 0.843. The third kappa shape index (κ3) is 2.65. The molecule has 2 N–H and O–H groups in total. The van der Waals surface area contributed by atoms with E-state index in [4.69, 9.17) is 5.11 Å². The van der Waals surface area contributed by atoms with Crippen molar-refractivity contribution in [1.82, 2.24) is 10.3 Å². The number of pyridine rings is 1. The van der Waals surface area contributed by atoms with Gasteiger partial charge in [-0.2, -0.15) is 0 Å². The number of nitrogens with one attached hydrogen (secondary N) is 1. The summed E-state index contributed by atoms with van der Waals surface area (Å²) >= 11 is 0. The van der Waals surface area contributed by atoms with Gasteiger partial charge in [0.1, 0.15) is 5.75 Å². The van der Waals surface area contributed by atoms with E-state index >= 15 is 0 Å². The van der Waals surface area contributed by atoms with Crippen molar-refractivity contribution in [2.24, 2.45) is 0 Å². The van der Waals surface area contributed by atoms with Gasteiger partial charge in [-0.3, -0.25) is 9.78 Å². The Balaban J connectivity index is 2.65. The Morgan fingerprint density at radius 3 is 2.93 bits per heavy atom. The van der Waals surface area contributed by atoms with Gasteiger partial charge >= 0.3 is 0 Å². The number of rotatable bonds is 3. The molecule has 0 saturated heterocycles. The number of amides is 1. The summed E-state index contributed by atoms with van der Waals surface area (Å²) in [4.78, 5) is 14.7. The Labute approximate surface area is 78.6 Å². The molecule has 14 heavy (non-hydrogen) atoms. The van der Waals surface area contributed by atoms with E-state index in [1.165, 1.54) is 12.3 Å². The average molecular weight is 202 g/mol. The van der Waals surface area contributed by atoms with Crippen molar-refractivity contribution in [1.29, 1.82) is 0 Å². The fourth-order valence-corrected chi connectivity index (χ4v) is 0.843. The summed E-state index contributed by atoms with van der Waals surface area (Å²) < 4.78 is 23.4. The van der Waals surface area contributed by atoms with Gasteiger partial charge in [0.05, 0.1) is 18.3 Å². The Morgan fingerprint density at radius 2 is 2.36 bits per heavy atom. The van der Waals surface area contributed by atoms with E-state index in [9.17, 15) is 13.6 Å². The highest BCUT2D eigenvalue weighted by Gasteiger charge is 2.11. The number of hydrogen-bond donors (Lipinski definition) is 2. The Morgan fingerprint density at radius 1 is 1.64 bits per heavy atom. The molecule has 6 heteroatoms. The minimum Gasteiger partial charge on any atom is -0.505 e. The second-order valence-electron chi connectivity index (χ2n) is 2.49. The van der Waals surface area contributed by atoms with Gasteiger partial charge in [0, 0.05) is 6.20 Å². The molecule has 0 unspecified atom stereocenters. The molecule has 1 amide bonds. The Hall–Kier alpha value is -1.72. The SMILES string of the molecule is O=C(NCC(F)F)c1ccncc1O. The van der Waals surface area contributed by atoms with Gasteiger partial charge in [0.15, 0.2) is 0 Å². The van der Waals surface area contributed by atoms with Gasteiger partial charge in [-0.15, -0.1) is 0 Å². The van der Waals surface area contributed by atoms with Crippen LogP contribution in [-0.4, -0.2) is 29.0 Å². The molecule has 0 fully saturated rings. The summed E-state index contributed by atoms with van der Waals surface area (Å²) in [6.07, 6.45) is -0.253. The number of hydrogen-bond acceptors (Lipinski definition) is 3. The zero-order valence-electron chi connectivity index (χ0n) is 7.08. The van der Waals surface area contributed by atoms with E-state index in [1.54, 1.807) is 0 Å². The van der Waals surface area contributed by atoms with Crippen LogP contribution in [0.25, 0.3) is 0 Å². The van der Waals surface area contributed by atoms with Crippen molar-refractivity contribution < 1.29 is 18.7 Å². The molecule has 0 aromatic carbocycles. The maximum absolute atomic E-state index is 11.7. The minimum atomic E-state index is -2.61. The molecule has 1 rings (SSSR count). The summed E-state index contributed by atoms with van der Waals surface area (Å²) in [6, 6.07) is 1.25. The van der Waals surface area contributed by atoms with Gasteiger partial charge in [0.2, 0.25) is 0 Å². The molecule has 0 saturated carbocycles. The van der Waals surface area contributed by atoms with E-state index in [2.05, 4.69) is 4.98 Å². The van der Waals surface area contributed by atoms with Crippen LogP contribution >= 0.6 is 0 Å². The highest BCUT2D eigenvalue weighted by molar-refractivity contribution is 5.96. The molecule has 0 aliphatic rings. The maximum atomic E-state index is 11.7. The summed E-state index contributed by atoms with van der Waals surface area (Å²) in [5, 5.41) is 11.1. The van der Waals surface area contributed by atoms with Crippen molar-refractivity contribution >= 4 is 5.91 Å². The second kappa shape index (κ2) is 4.50. The zero-order chi connectivity index (χ0) is 10.6. The van der Waals surface area contributed by atoms with Gasteiger partial charge in [-0.05, 0) is 6.07 Å². The number of aromatic hydroxyl groups is 1. The van der Waals surface area contributed by atoms with Gasteiger partial charge in [-0.25, -0.2) is 8.78 Å². The summed E-state index contributed by atoms with van der Waals surface area (Å²) in [5.41, 5.74) is -0.0688. The second-order valence-corrected chi connectivity index (χ2v) is 2.49. The lowest BCUT2D eigenvalue weighted by Crippen LogP contribution is -2.28. The zero-order valence-corrected chi connectivity index (χ0v) is 7.08. The number of nitrogens with zero attached hydrogens (tertiary/aromatic N) is 1. The molecule has 1 aromatic heterocycles. The lowest BCUT2D eigenvalue weighted by Gasteiger charge is -2.04. The third-order valence-corrected chi connectivity index (χ3v) is 1.46. The first-order valence-electron chi connectivity index (χ1n) is 3.80. The summed E-state index contributed by atoms with van der Waals surface area (Å²) in [6.45, 7) is -0.736. The van der Waals surface area contributed by atoms with Crippen molar-refractivity contribution in [3.63, 3.8) is 0 Å². The van der Waals surface area contributed by atoms with Crippen LogP contribution in [0.2, 0.25) is 0 Å². The lowest BCUT2D eigenvalue weighted by molar-refractivity contribution is 0.0889. The molecule has 4 nitrogen and oxygen atoms in total. The van der Waals surface area contributed by atoms with E-state index in [0.717, 1.165) is 6.20 Å². The van der Waals surface area contributed by atoms with Crippen molar-refractivity contribution in [2.45, 2.75) is 6.43 Å².